The van der Waals surface area contributed by atoms with Gasteiger partial charge in [0, 0.05) is 31.3 Å². The fourth-order valence-electron chi connectivity index (χ4n) is 2.47. The van der Waals surface area contributed by atoms with Crippen molar-refractivity contribution in [1.82, 2.24) is 0 Å². The van der Waals surface area contributed by atoms with E-state index in [-0.39, 0.29) is 11.7 Å². The number of hydrogen-bond acceptors (Lipinski definition) is 4. The van der Waals surface area contributed by atoms with Crippen molar-refractivity contribution in [2.24, 2.45) is 5.73 Å². The second kappa shape index (κ2) is 5.94. The van der Waals surface area contributed by atoms with Crippen molar-refractivity contribution in [3.05, 3.63) is 32.3 Å². The lowest BCUT2D eigenvalue weighted by Gasteiger charge is -2.37. The van der Waals surface area contributed by atoms with Crippen LogP contribution in [-0.4, -0.2) is 24.1 Å². The van der Waals surface area contributed by atoms with Gasteiger partial charge in [-0.1, -0.05) is 23.2 Å². The molecule has 2 rings (SSSR count). The fraction of sp³-hybridized carbons (Fsp3) is 0.500. The maximum Gasteiger partial charge on any atom is 0.272 e. The van der Waals surface area contributed by atoms with Crippen molar-refractivity contribution in [2.75, 3.05) is 18.0 Å². The quantitative estimate of drug-likeness (QED) is 0.687. The topological polar surface area (TPSA) is 72.4 Å². The molecular formula is C12H15Cl2N3O2. The summed E-state index contributed by atoms with van der Waals surface area (Å²) in [4.78, 5) is 12.3. The first-order chi connectivity index (χ1) is 9.04. The minimum atomic E-state index is -0.502. The third kappa shape index (κ3) is 2.94. The summed E-state index contributed by atoms with van der Waals surface area (Å²) in [5, 5.41) is 11.4. The molecule has 1 aromatic rings. The number of nitrogens with zero attached hydrogens (tertiary/aromatic N) is 2. The lowest BCUT2D eigenvalue weighted by Crippen LogP contribution is -2.44. The summed E-state index contributed by atoms with van der Waals surface area (Å²) in [6.45, 7) is 1.34. The summed E-state index contributed by atoms with van der Waals surface area (Å²) in [6, 6.07) is 2.86. The number of nitro benzene ring substituents is 1. The maximum absolute atomic E-state index is 10.8. The van der Waals surface area contributed by atoms with Gasteiger partial charge in [0.1, 0.15) is 0 Å². The SMILES string of the molecule is NCC1CCCCN1c1c(Cl)cc([N+](=O)[O-])cc1Cl. The Balaban J connectivity index is 2.41. The van der Waals surface area contributed by atoms with Gasteiger partial charge in [-0.2, -0.15) is 0 Å². The Labute approximate surface area is 121 Å². The smallest absolute Gasteiger partial charge is 0.272 e. The molecule has 0 aliphatic carbocycles. The van der Waals surface area contributed by atoms with E-state index in [1.807, 2.05) is 0 Å². The summed E-state index contributed by atoms with van der Waals surface area (Å²) in [7, 11) is 0. The molecule has 0 radical (unpaired) electrons. The van der Waals surface area contributed by atoms with E-state index in [9.17, 15) is 10.1 Å². The molecule has 0 bridgehead atoms. The minimum absolute atomic E-state index is 0.0972. The van der Waals surface area contributed by atoms with Gasteiger partial charge >= 0.3 is 0 Å². The van der Waals surface area contributed by atoms with E-state index < -0.39 is 4.92 Å². The third-order valence-corrected chi connectivity index (χ3v) is 3.98. The lowest BCUT2D eigenvalue weighted by atomic mass is 10.0. The number of halogens is 2. The number of hydrogen-bond donors (Lipinski definition) is 1. The number of rotatable bonds is 3. The molecule has 2 N–H and O–H groups in total. The summed E-state index contributed by atoms with van der Waals surface area (Å²) < 4.78 is 0. The van der Waals surface area contributed by atoms with Crippen LogP contribution in [0.2, 0.25) is 10.0 Å². The lowest BCUT2D eigenvalue weighted by molar-refractivity contribution is -0.384. The molecule has 5 nitrogen and oxygen atoms in total. The largest absolute Gasteiger partial charge is 0.365 e. The maximum atomic E-state index is 10.8. The van der Waals surface area contributed by atoms with Gasteiger partial charge in [-0.3, -0.25) is 10.1 Å². The van der Waals surface area contributed by atoms with Crippen LogP contribution in [0.4, 0.5) is 11.4 Å². The predicted molar refractivity (Wildman–Crippen MR) is 77.2 cm³/mol. The van der Waals surface area contributed by atoms with E-state index in [1.165, 1.54) is 12.1 Å². The van der Waals surface area contributed by atoms with Crippen molar-refractivity contribution in [1.29, 1.82) is 0 Å². The normalized spacial score (nSPS) is 19.5. The molecule has 1 aliphatic heterocycles. The van der Waals surface area contributed by atoms with Crippen molar-refractivity contribution >= 4 is 34.6 Å². The number of non-ortho nitro benzene ring substituents is 1. The van der Waals surface area contributed by atoms with E-state index >= 15 is 0 Å². The van der Waals surface area contributed by atoms with E-state index in [1.54, 1.807) is 0 Å². The zero-order chi connectivity index (χ0) is 14.0. The van der Waals surface area contributed by atoms with Crippen LogP contribution in [0.1, 0.15) is 19.3 Å². The molecule has 0 amide bonds. The van der Waals surface area contributed by atoms with Crippen molar-refractivity contribution in [3.63, 3.8) is 0 Å². The molecule has 1 aromatic carbocycles. The molecule has 1 aliphatic rings. The van der Waals surface area contributed by atoms with Gasteiger partial charge in [0.25, 0.3) is 5.69 Å². The van der Waals surface area contributed by atoms with Crippen LogP contribution in [-0.2, 0) is 0 Å². The van der Waals surface area contributed by atoms with Crippen LogP contribution in [0.5, 0.6) is 0 Å². The average Bonchev–Trinajstić information content (AvgIpc) is 2.38. The summed E-state index contributed by atoms with van der Waals surface area (Å²) in [5.74, 6) is 0. The highest BCUT2D eigenvalue weighted by Gasteiger charge is 2.26. The Morgan fingerprint density at radius 1 is 1.37 bits per heavy atom. The first-order valence-corrected chi connectivity index (χ1v) is 6.90. The molecule has 1 atom stereocenters. The minimum Gasteiger partial charge on any atom is -0.365 e. The molecule has 1 saturated heterocycles. The molecule has 0 spiro atoms. The molecule has 1 unspecified atom stereocenters. The number of benzene rings is 1. The van der Waals surface area contributed by atoms with Crippen LogP contribution in [0.15, 0.2) is 12.1 Å². The van der Waals surface area contributed by atoms with E-state index in [2.05, 4.69) is 4.90 Å². The van der Waals surface area contributed by atoms with Gasteiger partial charge in [0.05, 0.1) is 20.7 Å². The molecule has 0 aromatic heterocycles. The molecule has 7 heteroatoms. The monoisotopic (exact) mass is 303 g/mol. The zero-order valence-corrected chi connectivity index (χ0v) is 11.8. The van der Waals surface area contributed by atoms with Crippen LogP contribution in [0, 0.1) is 10.1 Å². The molecular weight excluding hydrogens is 289 g/mol. The predicted octanol–water partition coefficient (Wildman–Crippen LogP) is 3.22. The highest BCUT2D eigenvalue weighted by atomic mass is 35.5. The van der Waals surface area contributed by atoms with Gasteiger partial charge in [0.2, 0.25) is 0 Å². The average molecular weight is 304 g/mol. The molecule has 0 saturated carbocycles. The van der Waals surface area contributed by atoms with Crippen LogP contribution < -0.4 is 10.6 Å². The molecule has 19 heavy (non-hydrogen) atoms. The van der Waals surface area contributed by atoms with Crippen LogP contribution >= 0.6 is 23.2 Å². The van der Waals surface area contributed by atoms with Crippen molar-refractivity contribution in [2.45, 2.75) is 25.3 Å². The standard InChI is InChI=1S/C12H15Cl2N3O2/c13-10-5-9(17(18)19)6-11(14)12(10)16-4-2-1-3-8(16)7-15/h5-6,8H,1-4,7,15H2. The number of nitro groups is 1. The van der Waals surface area contributed by atoms with E-state index in [4.69, 9.17) is 28.9 Å². The highest BCUT2D eigenvalue weighted by molar-refractivity contribution is 6.39. The van der Waals surface area contributed by atoms with E-state index in [0.717, 1.165) is 25.8 Å². The Morgan fingerprint density at radius 3 is 2.53 bits per heavy atom. The van der Waals surface area contributed by atoms with Gasteiger partial charge in [-0.15, -0.1) is 0 Å². The van der Waals surface area contributed by atoms with Crippen LogP contribution in [0.25, 0.3) is 0 Å². The zero-order valence-electron chi connectivity index (χ0n) is 10.3. The van der Waals surface area contributed by atoms with Gasteiger partial charge in [-0.25, -0.2) is 0 Å². The number of nitrogens with two attached hydrogens (primary N) is 1. The summed E-state index contributed by atoms with van der Waals surface area (Å²) in [5.41, 5.74) is 6.33. The Hall–Kier alpha value is -1.04. The first kappa shape index (κ1) is 14.4. The van der Waals surface area contributed by atoms with Gasteiger partial charge in [-0.05, 0) is 19.3 Å². The van der Waals surface area contributed by atoms with Crippen molar-refractivity contribution in [3.8, 4) is 0 Å². The second-order valence-corrected chi connectivity index (χ2v) is 5.41. The van der Waals surface area contributed by atoms with E-state index in [0.29, 0.717) is 22.3 Å². The summed E-state index contributed by atoms with van der Waals surface area (Å²) in [6.07, 6.45) is 3.15. The Kier molecular flexibility index (Phi) is 4.50. The Bertz CT molecular complexity index is 473. The van der Waals surface area contributed by atoms with Gasteiger partial charge < -0.3 is 10.6 Å². The van der Waals surface area contributed by atoms with Crippen LogP contribution in [0.3, 0.4) is 0 Å². The number of piperidine rings is 1. The molecule has 1 heterocycles. The van der Waals surface area contributed by atoms with Crippen molar-refractivity contribution < 1.29 is 4.92 Å². The third-order valence-electron chi connectivity index (χ3n) is 3.40. The molecule has 104 valence electrons. The second-order valence-electron chi connectivity index (χ2n) is 4.59. The molecule has 1 fully saturated rings. The summed E-state index contributed by atoms with van der Waals surface area (Å²) >= 11 is 12.3. The highest BCUT2D eigenvalue weighted by Crippen LogP contribution is 2.39. The van der Waals surface area contributed by atoms with Gasteiger partial charge in [0.15, 0.2) is 0 Å². The Morgan fingerprint density at radius 2 is 2.00 bits per heavy atom. The fourth-order valence-corrected chi connectivity index (χ4v) is 3.16. The first-order valence-electron chi connectivity index (χ1n) is 6.14. The number of anilines is 1.